The lowest BCUT2D eigenvalue weighted by Crippen LogP contribution is -2.54. The number of piperazine rings is 1. The molecular formula is C23H20N6OS2. The van der Waals surface area contributed by atoms with E-state index in [0.717, 1.165) is 38.1 Å². The zero-order valence-electron chi connectivity index (χ0n) is 17.4. The van der Waals surface area contributed by atoms with E-state index in [9.17, 15) is 4.79 Å². The molecule has 0 spiro atoms. The molecule has 0 N–H and O–H groups in total. The van der Waals surface area contributed by atoms with E-state index in [4.69, 9.17) is 4.98 Å². The summed E-state index contributed by atoms with van der Waals surface area (Å²) in [4.78, 5) is 24.0. The molecule has 1 amide bonds. The molecule has 1 atom stereocenters. The van der Waals surface area contributed by atoms with Crippen molar-refractivity contribution >= 4 is 51.1 Å². The summed E-state index contributed by atoms with van der Waals surface area (Å²) in [5.74, 6) is 1.72. The molecule has 6 rings (SSSR count). The smallest absolute Gasteiger partial charge is 0.264 e. The van der Waals surface area contributed by atoms with Crippen molar-refractivity contribution in [3.63, 3.8) is 0 Å². The topological polar surface area (TPSA) is 66.6 Å². The van der Waals surface area contributed by atoms with Crippen LogP contribution in [0.25, 0.3) is 27.3 Å². The fraction of sp³-hybridized carbons (Fsp3) is 0.217. The van der Waals surface area contributed by atoms with Crippen molar-refractivity contribution in [1.82, 2.24) is 24.5 Å². The first kappa shape index (κ1) is 19.4. The van der Waals surface area contributed by atoms with Crippen LogP contribution >= 0.6 is 22.7 Å². The molecule has 1 aliphatic rings. The second-order valence-electron chi connectivity index (χ2n) is 7.86. The van der Waals surface area contributed by atoms with Crippen molar-refractivity contribution in [1.29, 1.82) is 0 Å². The molecule has 9 heteroatoms. The van der Waals surface area contributed by atoms with Gasteiger partial charge in [-0.05, 0) is 41.9 Å². The Morgan fingerprint density at radius 1 is 1.00 bits per heavy atom. The van der Waals surface area contributed by atoms with Crippen LogP contribution in [0.2, 0.25) is 0 Å². The monoisotopic (exact) mass is 460 g/mol. The Kier molecular flexibility index (Phi) is 4.65. The summed E-state index contributed by atoms with van der Waals surface area (Å²) in [7, 11) is 0. The first-order chi connectivity index (χ1) is 15.7. The van der Waals surface area contributed by atoms with E-state index < -0.39 is 0 Å². The molecule has 1 saturated heterocycles. The largest absolute Gasteiger partial charge is 0.338 e. The lowest BCUT2D eigenvalue weighted by atomic mass is 10.2. The van der Waals surface area contributed by atoms with Gasteiger partial charge in [0.2, 0.25) is 5.95 Å². The van der Waals surface area contributed by atoms with Gasteiger partial charge in [-0.2, -0.15) is 0 Å². The number of carbonyl (C=O) groups is 1. The highest BCUT2D eigenvalue weighted by atomic mass is 32.1. The van der Waals surface area contributed by atoms with Crippen LogP contribution < -0.4 is 4.90 Å². The number of aromatic nitrogens is 4. The van der Waals surface area contributed by atoms with Gasteiger partial charge >= 0.3 is 0 Å². The van der Waals surface area contributed by atoms with Gasteiger partial charge in [-0.1, -0.05) is 24.3 Å². The van der Waals surface area contributed by atoms with E-state index >= 15 is 0 Å². The Hall–Kier alpha value is -3.30. The normalized spacial score (nSPS) is 16.8. The third-order valence-electron chi connectivity index (χ3n) is 5.87. The summed E-state index contributed by atoms with van der Waals surface area (Å²) in [6.45, 7) is 4.14. The van der Waals surface area contributed by atoms with E-state index in [-0.39, 0.29) is 11.9 Å². The summed E-state index contributed by atoms with van der Waals surface area (Å²) < 4.78 is 2.07. The van der Waals surface area contributed by atoms with Crippen LogP contribution in [0.3, 0.4) is 0 Å². The molecule has 0 bridgehead atoms. The molecule has 4 aromatic heterocycles. The van der Waals surface area contributed by atoms with Gasteiger partial charge in [-0.15, -0.1) is 32.9 Å². The summed E-state index contributed by atoms with van der Waals surface area (Å²) >= 11 is 3.13. The molecule has 0 aliphatic carbocycles. The number of rotatable bonds is 3. The van der Waals surface area contributed by atoms with Crippen molar-refractivity contribution in [2.24, 2.45) is 0 Å². The summed E-state index contributed by atoms with van der Waals surface area (Å²) in [6.07, 6.45) is 0. The zero-order chi connectivity index (χ0) is 21.7. The van der Waals surface area contributed by atoms with Gasteiger partial charge in [0, 0.05) is 31.1 Å². The number of nitrogens with zero attached hydrogens (tertiary/aromatic N) is 6. The lowest BCUT2D eigenvalue weighted by molar-refractivity contribution is 0.0678. The first-order valence-corrected chi connectivity index (χ1v) is 12.2. The molecule has 1 aliphatic heterocycles. The SMILES string of the molecule is CC1CN(c2nc3ccccc3c3nnc(-c4cccs4)n23)CCN1C(=O)c1cccs1. The molecule has 1 fully saturated rings. The van der Waals surface area contributed by atoms with Gasteiger partial charge in [0.25, 0.3) is 5.91 Å². The fourth-order valence-corrected chi connectivity index (χ4v) is 5.70. The van der Waals surface area contributed by atoms with Crippen LogP contribution in [-0.2, 0) is 0 Å². The summed E-state index contributed by atoms with van der Waals surface area (Å²) in [5.41, 5.74) is 1.70. The molecule has 1 aromatic carbocycles. The van der Waals surface area contributed by atoms with Gasteiger partial charge in [0.1, 0.15) is 0 Å². The fourth-order valence-electron chi connectivity index (χ4n) is 4.33. The Labute approximate surface area is 192 Å². The van der Waals surface area contributed by atoms with Crippen molar-refractivity contribution in [3.05, 3.63) is 64.2 Å². The van der Waals surface area contributed by atoms with Gasteiger partial charge < -0.3 is 9.80 Å². The number of benzene rings is 1. The number of thiophene rings is 2. The molecule has 160 valence electrons. The Morgan fingerprint density at radius 3 is 2.62 bits per heavy atom. The maximum Gasteiger partial charge on any atom is 0.264 e. The van der Waals surface area contributed by atoms with E-state index in [1.807, 2.05) is 58.1 Å². The molecule has 1 unspecified atom stereocenters. The minimum Gasteiger partial charge on any atom is -0.338 e. The van der Waals surface area contributed by atoms with Crippen molar-refractivity contribution in [2.75, 3.05) is 24.5 Å². The molecule has 0 saturated carbocycles. The van der Waals surface area contributed by atoms with Crippen LogP contribution in [-0.4, -0.2) is 56.1 Å². The van der Waals surface area contributed by atoms with Crippen molar-refractivity contribution in [3.8, 4) is 10.7 Å². The highest BCUT2D eigenvalue weighted by Gasteiger charge is 2.31. The number of anilines is 1. The Balaban J connectivity index is 1.43. The zero-order valence-corrected chi connectivity index (χ0v) is 19.0. The highest BCUT2D eigenvalue weighted by molar-refractivity contribution is 7.13. The number of carbonyl (C=O) groups excluding carboxylic acids is 1. The average molecular weight is 461 g/mol. The summed E-state index contributed by atoms with van der Waals surface area (Å²) in [5, 5.41) is 14.0. The molecule has 5 heterocycles. The average Bonchev–Trinajstić information content (AvgIpc) is 3.59. The molecule has 0 radical (unpaired) electrons. The second-order valence-corrected chi connectivity index (χ2v) is 9.76. The number of fused-ring (bicyclic) bond motifs is 3. The van der Waals surface area contributed by atoms with Gasteiger partial charge in [0.15, 0.2) is 11.5 Å². The standard InChI is InChI=1S/C23H20N6OS2/c1-15-14-27(10-11-28(15)22(30)19-9-5-13-32-19)23-24-17-7-3-2-6-16(17)20-25-26-21(29(20)23)18-8-4-12-31-18/h2-9,12-13,15H,10-11,14H2,1H3. The molecule has 5 aromatic rings. The number of amides is 1. The minimum absolute atomic E-state index is 0.0586. The first-order valence-electron chi connectivity index (χ1n) is 10.5. The number of hydrogen-bond acceptors (Lipinski definition) is 7. The van der Waals surface area contributed by atoms with Crippen molar-refractivity contribution in [2.45, 2.75) is 13.0 Å². The van der Waals surface area contributed by atoms with Gasteiger partial charge in [-0.25, -0.2) is 9.38 Å². The highest BCUT2D eigenvalue weighted by Crippen LogP contribution is 2.31. The minimum atomic E-state index is 0.0586. The van der Waals surface area contributed by atoms with Crippen molar-refractivity contribution < 1.29 is 4.79 Å². The third-order valence-corrected chi connectivity index (χ3v) is 7.60. The number of hydrogen-bond donors (Lipinski definition) is 0. The third kappa shape index (κ3) is 3.08. The van der Waals surface area contributed by atoms with Crippen LogP contribution in [0, 0.1) is 0 Å². The van der Waals surface area contributed by atoms with Gasteiger partial charge in [0.05, 0.1) is 15.3 Å². The lowest BCUT2D eigenvalue weighted by Gasteiger charge is -2.40. The van der Waals surface area contributed by atoms with Gasteiger partial charge in [-0.3, -0.25) is 4.79 Å². The maximum atomic E-state index is 12.9. The predicted molar refractivity (Wildman–Crippen MR) is 129 cm³/mol. The number of para-hydroxylation sites is 1. The quantitative estimate of drug-likeness (QED) is 0.399. The molecule has 7 nitrogen and oxygen atoms in total. The molecular weight excluding hydrogens is 440 g/mol. The Bertz CT molecular complexity index is 1410. The molecule has 32 heavy (non-hydrogen) atoms. The summed E-state index contributed by atoms with van der Waals surface area (Å²) in [6, 6.07) is 16.0. The van der Waals surface area contributed by atoms with Crippen LogP contribution in [0.4, 0.5) is 5.95 Å². The van der Waals surface area contributed by atoms with E-state index in [1.165, 1.54) is 11.3 Å². The second kappa shape index (κ2) is 7.68. The van der Waals surface area contributed by atoms with Crippen LogP contribution in [0.1, 0.15) is 16.6 Å². The maximum absolute atomic E-state index is 12.9. The van der Waals surface area contributed by atoms with Crippen LogP contribution in [0.15, 0.2) is 59.3 Å². The van der Waals surface area contributed by atoms with Crippen LogP contribution in [0.5, 0.6) is 0 Å². The Morgan fingerprint density at radius 2 is 1.84 bits per heavy atom. The van der Waals surface area contributed by atoms with E-state index in [0.29, 0.717) is 19.6 Å². The van der Waals surface area contributed by atoms with E-state index in [2.05, 4.69) is 32.5 Å². The van der Waals surface area contributed by atoms with E-state index in [1.54, 1.807) is 11.3 Å². The predicted octanol–water partition coefficient (Wildman–Crippen LogP) is 4.42.